The zero-order chi connectivity index (χ0) is 15.4. The van der Waals surface area contributed by atoms with E-state index in [9.17, 15) is 0 Å². The molecule has 112 valence electrons. The van der Waals surface area contributed by atoms with Gasteiger partial charge in [-0.25, -0.2) is 0 Å². The van der Waals surface area contributed by atoms with E-state index in [1.54, 1.807) is 0 Å². The van der Waals surface area contributed by atoms with Crippen molar-refractivity contribution in [2.45, 2.75) is 46.7 Å². The van der Waals surface area contributed by atoms with Gasteiger partial charge in [0.25, 0.3) is 0 Å². The summed E-state index contributed by atoms with van der Waals surface area (Å²) in [6, 6.07) is 13.0. The minimum Gasteiger partial charge on any atom is -0.306 e. The molecule has 0 amide bonds. The maximum Gasteiger partial charge on any atom is 0.0406 e. The molecule has 2 aromatic rings. The van der Waals surface area contributed by atoms with Crippen molar-refractivity contribution in [2.24, 2.45) is 0 Å². The van der Waals surface area contributed by atoms with E-state index in [0.29, 0.717) is 6.04 Å². The molecule has 1 N–H and O–H groups in total. The van der Waals surface area contributed by atoms with Crippen LogP contribution in [0.4, 0.5) is 0 Å². The first-order chi connectivity index (χ1) is 10.0. The van der Waals surface area contributed by atoms with Gasteiger partial charge in [0.2, 0.25) is 0 Å². The number of rotatable bonds is 5. The highest BCUT2D eigenvalue weighted by atomic mass is 35.5. The van der Waals surface area contributed by atoms with Crippen LogP contribution in [0, 0.1) is 20.8 Å². The topological polar surface area (TPSA) is 12.0 Å². The summed E-state index contributed by atoms with van der Waals surface area (Å²) in [6.07, 6.45) is 1.06. The average molecular weight is 302 g/mol. The van der Waals surface area contributed by atoms with Gasteiger partial charge in [0.15, 0.2) is 0 Å². The molecule has 0 aromatic heterocycles. The first kappa shape index (κ1) is 16.1. The molecule has 1 nitrogen and oxygen atoms in total. The lowest BCUT2D eigenvalue weighted by Gasteiger charge is -2.20. The molecule has 1 unspecified atom stereocenters. The van der Waals surface area contributed by atoms with Crippen LogP contribution in [-0.4, -0.2) is 0 Å². The normalized spacial score (nSPS) is 12.4. The van der Waals surface area contributed by atoms with E-state index in [0.717, 1.165) is 18.0 Å². The maximum atomic E-state index is 5.97. The van der Waals surface area contributed by atoms with Gasteiger partial charge in [-0.05, 0) is 61.6 Å². The van der Waals surface area contributed by atoms with Crippen molar-refractivity contribution in [3.8, 4) is 0 Å². The van der Waals surface area contributed by atoms with Crippen LogP contribution >= 0.6 is 11.6 Å². The first-order valence-corrected chi connectivity index (χ1v) is 7.94. The van der Waals surface area contributed by atoms with E-state index in [-0.39, 0.29) is 0 Å². The van der Waals surface area contributed by atoms with Crippen molar-refractivity contribution in [2.75, 3.05) is 0 Å². The monoisotopic (exact) mass is 301 g/mol. The van der Waals surface area contributed by atoms with Gasteiger partial charge >= 0.3 is 0 Å². The molecule has 0 saturated heterocycles. The van der Waals surface area contributed by atoms with Crippen LogP contribution in [0.1, 0.15) is 47.2 Å². The van der Waals surface area contributed by atoms with Crippen LogP contribution in [0.3, 0.4) is 0 Å². The third-order valence-electron chi connectivity index (χ3n) is 4.05. The summed E-state index contributed by atoms with van der Waals surface area (Å²) < 4.78 is 0. The molecule has 0 spiro atoms. The van der Waals surface area contributed by atoms with Crippen LogP contribution in [0.5, 0.6) is 0 Å². The third-order valence-corrected chi connectivity index (χ3v) is 4.30. The molecule has 2 rings (SSSR count). The van der Waals surface area contributed by atoms with Crippen molar-refractivity contribution in [3.05, 3.63) is 69.2 Å². The summed E-state index contributed by atoms with van der Waals surface area (Å²) in [5.41, 5.74) is 6.77. The Morgan fingerprint density at radius 2 is 1.57 bits per heavy atom. The highest BCUT2D eigenvalue weighted by Gasteiger charge is 2.10. The predicted octanol–water partition coefficient (Wildman–Crippen LogP) is 5.51. The van der Waals surface area contributed by atoms with Crippen LogP contribution < -0.4 is 5.32 Å². The maximum absolute atomic E-state index is 5.97. The lowest BCUT2D eigenvalue weighted by atomic mass is 9.98. The van der Waals surface area contributed by atoms with E-state index < -0.39 is 0 Å². The van der Waals surface area contributed by atoms with E-state index in [1.807, 2.05) is 12.1 Å². The van der Waals surface area contributed by atoms with Crippen molar-refractivity contribution >= 4 is 11.6 Å². The van der Waals surface area contributed by atoms with Gasteiger partial charge in [0.05, 0.1) is 0 Å². The lowest BCUT2D eigenvalue weighted by Crippen LogP contribution is -2.21. The Labute approximate surface area is 133 Å². The Balaban J connectivity index is 2.12. The molecule has 0 fully saturated rings. The smallest absolute Gasteiger partial charge is 0.0406 e. The summed E-state index contributed by atoms with van der Waals surface area (Å²) in [7, 11) is 0. The predicted molar refractivity (Wildman–Crippen MR) is 92.0 cm³/mol. The highest BCUT2D eigenvalue weighted by molar-refractivity contribution is 6.30. The molecule has 1 atom stereocenters. The number of aryl methyl sites for hydroxylation is 3. The second-order valence-corrected chi connectivity index (χ2v) is 6.21. The van der Waals surface area contributed by atoms with E-state index in [4.69, 9.17) is 11.6 Å². The fourth-order valence-electron chi connectivity index (χ4n) is 2.91. The summed E-state index contributed by atoms with van der Waals surface area (Å²) in [4.78, 5) is 0. The quantitative estimate of drug-likeness (QED) is 0.768. The summed E-state index contributed by atoms with van der Waals surface area (Å²) in [5, 5.41) is 4.47. The molecule has 0 bridgehead atoms. The van der Waals surface area contributed by atoms with Gasteiger partial charge in [-0.2, -0.15) is 0 Å². The molecule has 0 aliphatic carbocycles. The van der Waals surface area contributed by atoms with Gasteiger partial charge in [-0.15, -0.1) is 0 Å². The zero-order valence-electron chi connectivity index (χ0n) is 13.3. The van der Waals surface area contributed by atoms with Crippen LogP contribution in [-0.2, 0) is 6.54 Å². The number of nitrogens with one attached hydrogen (secondary N) is 1. The largest absolute Gasteiger partial charge is 0.306 e. The first-order valence-electron chi connectivity index (χ1n) is 7.56. The number of benzene rings is 2. The molecule has 0 saturated carbocycles. The van der Waals surface area contributed by atoms with E-state index in [2.05, 4.69) is 57.3 Å². The average Bonchev–Trinajstić information content (AvgIpc) is 2.43. The number of hydrogen-bond acceptors (Lipinski definition) is 1. The van der Waals surface area contributed by atoms with Gasteiger partial charge in [0.1, 0.15) is 0 Å². The van der Waals surface area contributed by atoms with Gasteiger partial charge in [0, 0.05) is 17.6 Å². The third kappa shape index (κ3) is 4.09. The SMILES string of the molecule is CCC(NCc1c(C)cc(C)cc1C)c1ccc(Cl)cc1. The Hall–Kier alpha value is -1.31. The Morgan fingerprint density at radius 1 is 1.00 bits per heavy atom. The van der Waals surface area contributed by atoms with Crippen molar-refractivity contribution in [3.63, 3.8) is 0 Å². The molecule has 0 heterocycles. The Morgan fingerprint density at radius 3 is 2.10 bits per heavy atom. The van der Waals surface area contributed by atoms with Gasteiger partial charge in [-0.1, -0.05) is 48.4 Å². The molecule has 0 aliphatic rings. The Bertz CT molecular complexity index is 578. The second-order valence-electron chi connectivity index (χ2n) is 5.77. The number of hydrogen-bond donors (Lipinski definition) is 1. The molecular formula is C19H24ClN. The van der Waals surface area contributed by atoms with Crippen molar-refractivity contribution in [1.29, 1.82) is 0 Å². The second kappa shape index (κ2) is 7.11. The standard InChI is InChI=1S/C19H24ClN/c1-5-19(16-6-8-17(20)9-7-16)21-12-18-14(3)10-13(2)11-15(18)4/h6-11,19,21H,5,12H2,1-4H3. The Kier molecular flexibility index (Phi) is 5.44. The summed E-state index contributed by atoms with van der Waals surface area (Å²) in [5.74, 6) is 0. The molecule has 0 aliphatic heterocycles. The zero-order valence-corrected chi connectivity index (χ0v) is 14.1. The minimum atomic E-state index is 0.363. The van der Waals surface area contributed by atoms with Crippen LogP contribution in [0.2, 0.25) is 5.02 Å². The van der Waals surface area contributed by atoms with E-state index in [1.165, 1.54) is 27.8 Å². The molecule has 21 heavy (non-hydrogen) atoms. The number of halogens is 1. The summed E-state index contributed by atoms with van der Waals surface area (Å²) >= 11 is 5.97. The molecule has 0 radical (unpaired) electrons. The van der Waals surface area contributed by atoms with Gasteiger partial charge < -0.3 is 5.32 Å². The molecule has 2 heteroatoms. The minimum absolute atomic E-state index is 0.363. The van der Waals surface area contributed by atoms with Crippen LogP contribution in [0.25, 0.3) is 0 Å². The summed E-state index contributed by atoms with van der Waals surface area (Å²) in [6.45, 7) is 9.65. The van der Waals surface area contributed by atoms with Crippen molar-refractivity contribution < 1.29 is 0 Å². The fraction of sp³-hybridized carbons (Fsp3) is 0.368. The van der Waals surface area contributed by atoms with E-state index >= 15 is 0 Å². The highest BCUT2D eigenvalue weighted by Crippen LogP contribution is 2.21. The van der Waals surface area contributed by atoms with Gasteiger partial charge in [-0.3, -0.25) is 0 Å². The van der Waals surface area contributed by atoms with Crippen LogP contribution in [0.15, 0.2) is 36.4 Å². The molecule has 2 aromatic carbocycles. The molecular weight excluding hydrogens is 278 g/mol. The fourth-order valence-corrected chi connectivity index (χ4v) is 3.03. The lowest BCUT2D eigenvalue weighted by molar-refractivity contribution is 0.517. The van der Waals surface area contributed by atoms with Crippen molar-refractivity contribution in [1.82, 2.24) is 5.32 Å².